The van der Waals surface area contributed by atoms with E-state index in [0.29, 0.717) is 5.56 Å². The third kappa shape index (κ3) is 3.25. The summed E-state index contributed by atoms with van der Waals surface area (Å²) >= 11 is 0. The van der Waals surface area contributed by atoms with Crippen LogP contribution in [0.1, 0.15) is 17.9 Å². The molecule has 2 N–H and O–H groups in total. The molecule has 0 bridgehead atoms. The van der Waals surface area contributed by atoms with E-state index in [0.717, 1.165) is 0 Å². The maximum atomic E-state index is 11.4. The first-order chi connectivity index (χ1) is 7.75. The quantitative estimate of drug-likeness (QED) is 0.713. The molecule has 1 atom stereocenters. The van der Waals surface area contributed by atoms with Gasteiger partial charge in [-0.25, -0.2) is 0 Å². The van der Waals surface area contributed by atoms with Crippen LogP contribution >= 0.6 is 0 Å². The molecule has 0 heterocycles. The van der Waals surface area contributed by atoms with Gasteiger partial charge in [0.05, 0.1) is 1.37 Å². The lowest BCUT2D eigenvalue weighted by molar-refractivity contribution is -0.146. The Morgan fingerprint density at radius 1 is 1.69 bits per heavy atom. The van der Waals surface area contributed by atoms with E-state index in [1.165, 1.54) is 0 Å². The van der Waals surface area contributed by atoms with Gasteiger partial charge in [0.2, 0.25) is 0 Å². The molecule has 0 aliphatic rings. The SMILES string of the molecule is [2H]C([2H])([2H])[C@]([2H])(N)C(=O)OCc1ccccc1. The summed E-state index contributed by atoms with van der Waals surface area (Å²) < 4.78 is 32.9. The van der Waals surface area contributed by atoms with Gasteiger partial charge in [0.15, 0.2) is 0 Å². The van der Waals surface area contributed by atoms with Crippen LogP contribution in [0.2, 0.25) is 0 Å². The molecule has 0 unspecified atom stereocenters. The smallest absolute Gasteiger partial charge is 0.322 e. The average molecular weight is 183 g/mol. The first-order valence-electron chi connectivity index (χ1n) is 5.75. The van der Waals surface area contributed by atoms with Gasteiger partial charge in [0.1, 0.15) is 12.6 Å². The number of rotatable bonds is 3. The summed E-state index contributed by atoms with van der Waals surface area (Å²) in [5, 5.41) is 0. The van der Waals surface area contributed by atoms with Gasteiger partial charge in [-0.2, -0.15) is 0 Å². The molecule has 0 saturated carbocycles. The molecule has 0 aromatic heterocycles. The highest BCUT2D eigenvalue weighted by atomic mass is 16.5. The Balaban J connectivity index is 2.62. The van der Waals surface area contributed by atoms with Crippen molar-refractivity contribution < 1.29 is 15.0 Å². The Morgan fingerprint density at radius 2 is 2.38 bits per heavy atom. The molecule has 1 aromatic rings. The van der Waals surface area contributed by atoms with Gasteiger partial charge >= 0.3 is 5.97 Å². The maximum absolute atomic E-state index is 11.4. The summed E-state index contributed by atoms with van der Waals surface area (Å²) in [6.45, 7) is -3.02. The normalized spacial score (nSPS) is 20.1. The third-order valence-electron chi connectivity index (χ3n) is 1.43. The van der Waals surface area contributed by atoms with Gasteiger partial charge in [-0.1, -0.05) is 30.3 Å². The molecule has 0 aliphatic heterocycles. The first-order valence-corrected chi connectivity index (χ1v) is 3.75. The van der Waals surface area contributed by atoms with E-state index in [1.54, 1.807) is 30.3 Å². The minimum atomic E-state index is -2.92. The number of carbonyl (C=O) groups excluding carboxylic acids is 1. The highest BCUT2D eigenvalue weighted by Crippen LogP contribution is 2.00. The Kier molecular flexibility index (Phi) is 1.92. The molecular weight excluding hydrogens is 166 g/mol. The lowest BCUT2D eigenvalue weighted by Crippen LogP contribution is -2.28. The molecule has 0 aliphatic carbocycles. The van der Waals surface area contributed by atoms with Crippen molar-refractivity contribution in [2.45, 2.75) is 19.5 Å². The fraction of sp³-hybridized carbons (Fsp3) is 0.300. The average Bonchev–Trinajstić information content (AvgIpc) is 2.25. The van der Waals surface area contributed by atoms with Crippen LogP contribution in [-0.2, 0) is 16.1 Å². The highest BCUT2D eigenvalue weighted by molar-refractivity contribution is 5.74. The number of nitrogens with two attached hydrogens (primary N) is 1. The van der Waals surface area contributed by atoms with E-state index in [2.05, 4.69) is 0 Å². The van der Waals surface area contributed by atoms with Crippen molar-refractivity contribution in [2.24, 2.45) is 5.73 Å². The van der Waals surface area contributed by atoms with Crippen LogP contribution in [0.5, 0.6) is 0 Å². The number of benzene rings is 1. The third-order valence-corrected chi connectivity index (χ3v) is 1.43. The second-order valence-electron chi connectivity index (χ2n) is 2.48. The largest absolute Gasteiger partial charge is 0.460 e. The van der Waals surface area contributed by atoms with E-state index < -0.39 is 18.8 Å². The van der Waals surface area contributed by atoms with Crippen LogP contribution in [0, 0.1) is 0 Å². The number of esters is 1. The molecule has 1 rings (SSSR count). The molecule has 1 aromatic carbocycles. The van der Waals surface area contributed by atoms with E-state index in [1.807, 2.05) is 0 Å². The van der Waals surface area contributed by atoms with Gasteiger partial charge in [-0.05, 0) is 12.4 Å². The van der Waals surface area contributed by atoms with Crippen LogP contribution in [-0.4, -0.2) is 12.0 Å². The first kappa shape index (κ1) is 5.40. The molecule has 70 valence electrons. The summed E-state index contributed by atoms with van der Waals surface area (Å²) in [7, 11) is 0. The zero-order valence-electron chi connectivity index (χ0n) is 11.0. The van der Waals surface area contributed by atoms with Crippen molar-refractivity contribution >= 4 is 5.97 Å². The minimum absolute atomic E-state index is 0.104. The topological polar surface area (TPSA) is 52.3 Å². The predicted molar refractivity (Wildman–Crippen MR) is 49.9 cm³/mol. The highest BCUT2D eigenvalue weighted by Gasteiger charge is 2.07. The van der Waals surface area contributed by atoms with Gasteiger partial charge < -0.3 is 10.5 Å². The van der Waals surface area contributed by atoms with Gasteiger partial charge in [0, 0.05) is 4.11 Å². The molecule has 0 radical (unpaired) electrons. The zero-order chi connectivity index (χ0) is 13.1. The molecular formula is C10H13NO2. The van der Waals surface area contributed by atoms with Crippen LogP contribution in [0.25, 0.3) is 0 Å². The van der Waals surface area contributed by atoms with E-state index in [4.69, 9.17) is 16.0 Å². The van der Waals surface area contributed by atoms with E-state index >= 15 is 0 Å². The molecule has 0 fully saturated rings. The number of carbonyl (C=O) groups is 1. The number of ether oxygens (including phenoxy) is 1. The molecule has 0 spiro atoms. The lowest BCUT2D eigenvalue weighted by Gasteiger charge is -2.06. The molecule has 3 nitrogen and oxygen atoms in total. The number of hydrogen-bond donors (Lipinski definition) is 1. The molecule has 0 saturated heterocycles. The van der Waals surface area contributed by atoms with Crippen molar-refractivity contribution in [3.8, 4) is 0 Å². The Morgan fingerprint density at radius 3 is 3.00 bits per heavy atom. The van der Waals surface area contributed by atoms with Crippen LogP contribution in [0.15, 0.2) is 30.3 Å². The molecule has 3 heteroatoms. The van der Waals surface area contributed by atoms with Crippen molar-refractivity contribution in [3.05, 3.63) is 35.9 Å². The van der Waals surface area contributed by atoms with E-state index in [-0.39, 0.29) is 6.61 Å². The predicted octanol–water partition coefficient (Wildman–Crippen LogP) is 1.08. The monoisotopic (exact) mass is 183 g/mol. The fourth-order valence-electron chi connectivity index (χ4n) is 0.801. The summed E-state index contributed by atoms with van der Waals surface area (Å²) in [6, 6.07) is 6.00. The van der Waals surface area contributed by atoms with Gasteiger partial charge in [-0.15, -0.1) is 0 Å². The molecule has 0 amide bonds. The van der Waals surface area contributed by atoms with Crippen LogP contribution in [0.3, 0.4) is 0 Å². The van der Waals surface area contributed by atoms with Gasteiger partial charge in [-0.3, -0.25) is 4.79 Å². The maximum Gasteiger partial charge on any atom is 0.322 e. The Labute approximate surface area is 83.1 Å². The zero-order valence-corrected chi connectivity index (χ0v) is 6.99. The lowest BCUT2D eigenvalue weighted by atomic mass is 10.2. The van der Waals surface area contributed by atoms with Crippen molar-refractivity contribution in [2.75, 3.05) is 0 Å². The number of hydrogen-bond acceptors (Lipinski definition) is 3. The van der Waals surface area contributed by atoms with E-state index in [9.17, 15) is 4.79 Å². The summed E-state index contributed by atoms with van der Waals surface area (Å²) in [5.41, 5.74) is 5.83. The van der Waals surface area contributed by atoms with Crippen molar-refractivity contribution in [1.29, 1.82) is 0 Å². The van der Waals surface area contributed by atoms with Crippen LogP contribution < -0.4 is 5.73 Å². The van der Waals surface area contributed by atoms with Crippen molar-refractivity contribution in [3.63, 3.8) is 0 Å². The second-order valence-corrected chi connectivity index (χ2v) is 2.48. The molecule has 13 heavy (non-hydrogen) atoms. The van der Waals surface area contributed by atoms with Crippen molar-refractivity contribution in [1.82, 2.24) is 0 Å². The second kappa shape index (κ2) is 4.62. The Bertz CT molecular complexity index is 389. The minimum Gasteiger partial charge on any atom is -0.460 e. The summed E-state index contributed by atoms with van der Waals surface area (Å²) in [5.74, 6) is -1.26. The van der Waals surface area contributed by atoms with Gasteiger partial charge in [0.25, 0.3) is 0 Å². The fourth-order valence-corrected chi connectivity index (χ4v) is 0.801. The Hall–Kier alpha value is -1.35. The summed E-state index contributed by atoms with van der Waals surface area (Å²) in [4.78, 5) is 11.4. The standard InChI is InChI=1S/C10H13NO2/c1-8(11)10(12)13-7-9-5-3-2-4-6-9/h2-6,8H,7,11H2,1H3/t8-/m0/s1/i1D3,8D. The summed E-state index contributed by atoms with van der Waals surface area (Å²) in [6.07, 6.45) is 0. The van der Waals surface area contributed by atoms with Crippen LogP contribution in [0.4, 0.5) is 0 Å².